The molecule has 1 aromatic carbocycles. The van der Waals surface area contributed by atoms with E-state index in [2.05, 4.69) is 10.3 Å². The van der Waals surface area contributed by atoms with Crippen LogP contribution in [-0.2, 0) is 17.8 Å². The van der Waals surface area contributed by atoms with Gasteiger partial charge in [-0.25, -0.2) is 4.98 Å². The molecule has 0 saturated carbocycles. The molecule has 1 aromatic heterocycles. The molecule has 0 saturated heterocycles. The normalized spacial score (nSPS) is 9.68. The summed E-state index contributed by atoms with van der Waals surface area (Å²) < 4.78 is 5.63. The fourth-order valence-electron chi connectivity index (χ4n) is 1.90. The van der Waals surface area contributed by atoms with Crippen LogP contribution >= 0.6 is 47.8 Å². The Morgan fingerprint density at radius 2 is 1.96 bits per heavy atom. The quantitative estimate of drug-likeness (QED) is 0.600. The molecule has 0 aliphatic rings. The summed E-state index contributed by atoms with van der Waals surface area (Å²) in [5.74, 6) is 0.723. The first-order valence-electron chi connectivity index (χ1n) is 7.46. The largest absolute Gasteiger partial charge is 0.486 e. The molecule has 0 fully saturated rings. The zero-order chi connectivity index (χ0) is 16.5. The first-order chi connectivity index (χ1) is 11.2. The number of rotatable bonds is 9. The summed E-state index contributed by atoms with van der Waals surface area (Å²) in [6.07, 6.45) is 2.11. The summed E-state index contributed by atoms with van der Waals surface area (Å²) in [7, 11) is 0. The number of hydrogen-bond acceptors (Lipinski definition) is 5. The number of halogens is 3. The highest BCUT2D eigenvalue weighted by molar-refractivity contribution is 7.09. The predicted molar refractivity (Wildman–Crippen MR) is 107 cm³/mol. The Morgan fingerprint density at radius 1 is 1.24 bits per heavy atom. The fraction of sp³-hybridized carbons (Fsp3) is 0.375. The predicted octanol–water partition coefficient (Wildman–Crippen LogP) is 3.62. The molecule has 0 bridgehead atoms. The fourth-order valence-corrected chi connectivity index (χ4v) is 2.73. The van der Waals surface area contributed by atoms with Gasteiger partial charge in [0.25, 0.3) is 0 Å². The van der Waals surface area contributed by atoms with Crippen molar-refractivity contribution in [1.82, 2.24) is 10.3 Å². The minimum atomic E-state index is -0.0162. The van der Waals surface area contributed by atoms with E-state index in [1.165, 1.54) is 11.3 Å². The van der Waals surface area contributed by atoms with Crippen molar-refractivity contribution in [2.24, 2.45) is 5.73 Å². The average molecular weight is 427 g/mol. The molecular formula is C16H22Cl3N3O2S. The molecule has 2 aromatic rings. The number of amides is 1. The van der Waals surface area contributed by atoms with Crippen LogP contribution in [0.1, 0.15) is 23.5 Å². The number of thiazole rings is 1. The lowest BCUT2D eigenvalue weighted by molar-refractivity contribution is -0.120. The third kappa shape index (κ3) is 9.28. The number of carbonyl (C=O) groups excluding carboxylic acids is 1. The van der Waals surface area contributed by atoms with Crippen molar-refractivity contribution in [3.05, 3.63) is 45.4 Å². The van der Waals surface area contributed by atoms with Gasteiger partial charge in [-0.05, 0) is 43.7 Å². The van der Waals surface area contributed by atoms with Crippen LogP contribution in [-0.4, -0.2) is 24.0 Å². The van der Waals surface area contributed by atoms with Gasteiger partial charge < -0.3 is 15.8 Å². The number of nitrogens with two attached hydrogens (primary N) is 1. The van der Waals surface area contributed by atoms with Gasteiger partial charge in [0.1, 0.15) is 17.4 Å². The number of hydrogen-bond donors (Lipinski definition) is 2. The van der Waals surface area contributed by atoms with Crippen LogP contribution in [0.3, 0.4) is 0 Å². The summed E-state index contributed by atoms with van der Waals surface area (Å²) in [6.45, 7) is 1.69. The van der Waals surface area contributed by atoms with Gasteiger partial charge in [0.05, 0.1) is 12.1 Å². The molecule has 5 nitrogen and oxygen atoms in total. The Labute approximate surface area is 169 Å². The van der Waals surface area contributed by atoms with E-state index in [9.17, 15) is 4.79 Å². The molecule has 0 atom stereocenters. The van der Waals surface area contributed by atoms with Crippen LogP contribution in [0.25, 0.3) is 0 Å². The summed E-state index contributed by atoms with van der Waals surface area (Å²) in [6, 6.07) is 7.18. The van der Waals surface area contributed by atoms with Crippen LogP contribution in [0.4, 0.5) is 0 Å². The van der Waals surface area contributed by atoms with E-state index in [1.807, 2.05) is 17.5 Å². The van der Waals surface area contributed by atoms with Gasteiger partial charge in [-0.3, -0.25) is 4.79 Å². The van der Waals surface area contributed by atoms with Gasteiger partial charge in [-0.15, -0.1) is 36.2 Å². The van der Waals surface area contributed by atoms with E-state index < -0.39 is 0 Å². The number of carbonyl (C=O) groups is 1. The van der Waals surface area contributed by atoms with Gasteiger partial charge in [-0.2, -0.15) is 0 Å². The summed E-state index contributed by atoms with van der Waals surface area (Å²) in [5.41, 5.74) is 6.17. The molecule has 0 radical (unpaired) electrons. The van der Waals surface area contributed by atoms with E-state index >= 15 is 0 Å². The highest BCUT2D eigenvalue weighted by atomic mass is 35.5. The Hall–Kier alpha value is -1.05. The monoisotopic (exact) mass is 425 g/mol. The maximum atomic E-state index is 11.8. The van der Waals surface area contributed by atoms with Gasteiger partial charge in [0, 0.05) is 16.9 Å². The molecule has 140 valence electrons. The molecule has 0 unspecified atom stereocenters. The average Bonchev–Trinajstić information content (AvgIpc) is 2.98. The van der Waals surface area contributed by atoms with Crippen molar-refractivity contribution in [3.8, 4) is 5.75 Å². The highest BCUT2D eigenvalue weighted by Gasteiger charge is 2.08. The topological polar surface area (TPSA) is 77.2 Å². The lowest BCUT2D eigenvalue weighted by Crippen LogP contribution is -2.26. The van der Waals surface area contributed by atoms with Crippen molar-refractivity contribution < 1.29 is 9.53 Å². The molecule has 0 spiro atoms. The summed E-state index contributed by atoms with van der Waals surface area (Å²) in [4.78, 5) is 16.2. The maximum Gasteiger partial charge on any atom is 0.226 e. The summed E-state index contributed by atoms with van der Waals surface area (Å²) >= 11 is 7.31. The second kappa shape index (κ2) is 13.2. The number of benzene rings is 1. The number of aromatic nitrogens is 1. The molecule has 2 rings (SSSR count). The van der Waals surface area contributed by atoms with Crippen LogP contribution < -0.4 is 15.8 Å². The standard InChI is InChI=1S/C16H20ClN3O2S.2ClH/c17-12-3-5-14(6-4-12)22-10-16-20-13(11-23-16)9-15(21)19-8-2-1-7-18;;/h3-6,11H,1-2,7-10,18H2,(H,19,21);2*1H. The van der Waals surface area contributed by atoms with Crippen molar-refractivity contribution >= 4 is 53.7 Å². The first kappa shape index (κ1) is 23.9. The smallest absolute Gasteiger partial charge is 0.226 e. The van der Waals surface area contributed by atoms with Gasteiger partial charge in [0.2, 0.25) is 5.91 Å². The molecule has 1 amide bonds. The highest BCUT2D eigenvalue weighted by Crippen LogP contribution is 2.18. The second-order valence-corrected chi connectivity index (χ2v) is 6.38. The lowest BCUT2D eigenvalue weighted by Gasteiger charge is -2.04. The van der Waals surface area contributed by atoms with Crippen LogP contribution in [0.15, 0.2) is 29.6 Å². The van der Waals surface area contributed by atoms with Gasteiger partial charge in [-0.1, -0.05) is 11.6 Å². The van der Waals surface area contributed by atoms with E-state index in [0.717, 1.165) is 29.3 Å². The molecule has 3 N–H and O–H groups in total. The molecule has 25 heavy (non-hydrogen) atoms. The Balaban J connectivity index is 0.00000288. The van der Waals surface area contributed by atoms with E-state index in [-0.39, 0.29) is 30.7 Å². The minimum absolute atomic E-state index is 0. The van der Waals surface area contributed by atoms with Crippen molar-refractivity contribution in [1.29, 1.82) is 0 Å². The van der Waals surface area contributed by atoms with E-state index in [4.69, 9.17) is 22.1 Å². The van der Waals surface area contributed by atoms with Gasteiger partial charge in [0.15, 0.2) is 0 Å². The zero-order valence-corrected chi connectivity index (χ0v) is 16.8. The van der Waals surface area contributed by atoms with Crippen molar-refractivity contribution in [3.63, 3.8) is 0 Å². The number of nitrogens with zero attached hydrogens (tertiary/aromatic N) is 1. The van der Waals surface area contributed by atoms with Crippen LogP contribution in [0, 0.1) is 0 Å². The number of ether oxygens (including phenoxy) is 1. The molecule has 1 heterocycles. The Kier molecular flexibility index (Phi) is 12.6. The lowest BCUT2D eigenvalue weighted by atomic mass is 10.3. The van der Waals surface area contributed by atoms with E-state index in [1.54, 1.807) is 12.1 Å². The first-order valence-corrected chi connectivity index (χ1v) is 8.71. The van der Waals surface area contributed by atoms with Crippen LogP contribution in [0.5, 0.6) is 5.75 Å². The molecule has 0 aliphatic carbocycles. The summed E-state index contributed by atoms with van der Waals surface area (Å²) in [5, 5.41) is 6.26. The SMILES string of the molecule is Cl.Cl.NCCCCNC(=O)Cc1csc(COc2ccc(Cl)cc2)n1. The molecular weight excluding hydrogens is 405 g/mol. The van der Waals surface area contributed by atoms with Crippen LogP contribution in [0.2, 0.25) is 5.02 Å². The zero-order valence-electron chi connectivity index (χ0n) is 13.6. The Morgan fingerprint density at radius 3 is 2.64 bits per heavy atom. The Bertz CT molecular complexity index is 623. The van der Waals surface area contributed by atoms with Gasteiger partial charge >= 0.3 is 0 Å². The second-order valence-electron chi connectivity index (χ2n) is 5.00. The van der Waals surface area contributed by atoms with E-state index in [0.29, 0.717) is 31.1 Å². The third-order valence-corrected chi connectivity index (χ3v) is 4.19. The van der Waals surface area contributed by atoms with Crippen molar-refractivity contribution in [2.75, 3.05) is 13.1 Å². The molecule has 0 aliphatic heterocycles. The number of unbranched alkanes of at least 4 members (excludes halogenated alkanes) is 1. The van der Waals surface area contributed by atoms with Crippen molar-refractivity contribution in [2.45, 2.75) is 25.9 Å². The third-order valence-electron chi connectivity index (χ3n) is 3.07. The number of nitrogens with one attached hydrogen (secondary N) is 1. The maximum absolute atomic E-state index is 11.8. The minimum Gasteiger partial charge on any atom is -0.486 e. The molecule has 9 heteroatoms.